The Kier molecular flexibility index (Phi) is 11.2. The van der Waals surface area contributed by atoms with Crippen LogP contribution in [-0.4, -0.2) is 38.9 Å². The quantitative estimate of drug-likeness (QED) is 0.276. The molecule has 0 aliphatic heterocycles. The largest absolute Gasteiger partial charge is 0.493 e. The van der Waals surface area contributed by atoms with E-state index in [0.717, 1.165) is 25.1 Å². The van der Waals surface area contributed by atoms with Gasteiger partial charge in [0.15, 0.2) is 24.1 Å². The average molecular weight is 543 g/mol. The van der Waals surface area contributed by atoms with Gasteiger partial charge in [-0.15, -0.1) is 35.3 Å². The fourth-order valence-electron chi connectivity index (χ4n) is 2.36. The van der Waals surface area contributed by atoms with Gasteiger partial charge in [-0.25, -0.2) is 4.99 Å². The van der Waals surface area contributed by atoms with Crippen molar-refractivity contribution < 1.29 is 22.6 Å². The normalized spacial score (nSPS) is 11.6. The number of methoxy groups -OCH3 is 1. The highest BCUT2D eigenvalue weighted by molar-refractivity contribution is 14.0. The SMILES string of the molecule is CCNC(=NCc1ccc(OCC(F)(F)F)c(OC)c1)NCCc1cccs1.I. The summed E-state index contributed by atoms with van der Waals surface area (Å²) < 4.78 is 46.9. The van der Waals surface area contributed by atoms with Crippen LogP contribution in [-0.2, 0) is 13.0 Å². The molecule has 0 radical (unpaired) electrons. The van der Waals surface area contributed by atoms with Gasteiger partial charge in [0.05, 0.1) is 13.7 Å². The molecule has 10 heteroatoms. The van der Waals surface area contributed by atoms with Crippen molar-refractivity contribution in [1.82, 2.24) is 10.6 Å². The molecule has 0 saturated carbocycles. The Bertz CT molecular complexity index is 756. The van der Waals surface area contributed by atoms with Gasteiger partial charge in [0.25, 0.3) is 0 Å². The lowest BCUT2D eigenvalue weighted by Crippen LogP contribution is -2.38. The highest BCUT2D eigenvalue weighted by Gasteiger charge is 2.29. The summed E-state index contributed by atoms with van der Waals surface area (Å²) in [5, 5.41) is 8.49. The van der Waals surface area contributed by atoms with Crippen LogP contribution in [0.25, 0.3) is 0 Å². The van der Waals surface area contributed by atoms with Gasteiger partial charge in [0.2, 0.25) is 0 Å². The van der Waals surface area contributed by atoms with E-state index in [1.54, 1.807) is 23.5 Å². The van der Waals surface area contributed by atoms with Crippen LogP contribution in [0.4, 0.5) is 13.2 Å². The highest BCUT2D eigenvalue weighted by Crippen LogP contribution is 2.30. The minimum atomic E-state index is -4.40. The van der Waals surface area contributed by atoms with E-state index < -0.39 is 12.8 Å². The molecule has 0 bridgehead atoms. The predicted octanol–water partition coefficient (Wildman–Crippen LogP) is 4.61. The van der Waals surface area contributed by atoms with Gasteiger partial charge >= 0.3 is 6.18 Å². The Hall–Kier alpha value is -1.69. The molecule has 0 unspecified atom stereocenters. The molecule has 2 N–H and O–H groups in total. The fourth-order valence-corrected chi connectivity index (χ4v) is 3.07. The number of ether oxygens (including phenoxy) is 2. The molecule has 162 valence electrons. The Morgan fingerprint density at radius 1 is 1.17 bits per heavy atom. The lowest BCUT2D eigenvalue weighted by Gasteiger charge is -2.14. The van der Waals surface area contributed by atoms with Crippen molar-refractivity contribution in [3.05, 3.63) is 46.2 Å². The number of hydrogen-bond acceptors (Lipinski definition) is 4. The molecule has 29 heavy (non-hydrogen) atoms. The molecule has 0 atom stereocenters. The van der Waals surface area contributed by atoms with Gasteiger partial charge in [-0.3, -0.25) is 0 Å². The number of rotatable bonds is 9. The van der Waals surface area contributed by atoms with Gasteiger partial charge < -0.3 is 20.1 Å². The van der Waals surface area contributed by atoms with E-state index in [2.05, 4.69) is 21.7 Å². The predicted molar refractivity (Wildman–Crippen MR) is 121 cm³/mol. The van der Waals surface area contributed by atoms with E-state index in [4.69, 9.17) is 9.47 Å². The lowest BCUT2D eigenvalue weighted by atomic mass is 10.2. The van der Waals surface area contributed by atoms with Crippen LogP contribution in [0.3, 0.4) is 0 Å². The molecule has 2 aromatic rings. The number of thiophene rings is 1. The van der Waals surface area contributed by atoms with Gasteiger partial charge in [0, 0.05) is 18.0 Å². The maximum absolute atomic E-state index is 12.3. The summed E-state index contributed by atoms with van der Waals surface area (Å²) in [6, 6.07) is 8.88. The zero-order chi connectivity index (χ0) is 20.4. The molecule has 2 rings (SSSR count). The number of alkyl halides is 3. The third-order valence-electron chi connectivity index (χ3n) is 3.63. The molecular formula is C19H25F3IN3O2S. The van der Waals surface area contributed by atoms with Crippen molar-refractivity contribution in [2.45, 2.75) is 26.1 Å². The van der Waals surface area contributed by atoms with Gasteiger partial charge in [-0.2, -0.15) is 13.2 Å². The first-order valence-corrected chi connectivity index (χ1v) is 9.70. The standard InChI is InChI=1S/C19H24F3N3O2S.HI/c1-3-23-18(24-9-8-15-5-4-10-28-15)25-12-14-6-7-16(17(11-14)26-2)27-13-19(20,21)22;/h4-7,10-11H,3,8-9,12-13H2,1-2H3,(H2,23,24,25);1H. The van der Waals surface area contributed by atoms with Crippen molar-refractivity contribution >= 4 is 41.3 Å². The molecule has 0 aliphatic rings. The summed E-state index contributed by atoms with van der Waals surface area (Å²) in [6.45, 7) is 2.44. The lowest BCUT2D eigenvalue weighted by molar-refractivity contribution is -0.153. The van der Waals surface area contributed by atoms with E-state index >= 15 is 0 Å². The van der Waals surface area contributed by atoms with Crippen molar-refractivity contribution in [2.75, 3.05) is 26.8 Å². The van der Waals surface area contributed by atoms with Crippen molar-refractivity contribution in [3.8, 4) is 11.5 Å². The molecule has 1 heterocycles. The van der Waals surface area contributed by atoms with Crippen molar-refractivity contribution in [1.29, 1.82) is 0 Å². The first-order valence-electron chi connectivity index (χ1n) is 8.82. The summed E-state index contributed by atoms with van der Waals surface area (Å²) in [6.07, 6.45) is -3.50. The molecule has 0 amide bonds. The molecular weight excluding hydrogens is 518 g/mol. The Labute approximate surface area is 189 Å². The molecule has 0 spiro atoms. The van der Waals surface area contributed by atoms with Crippen LogP contribution < -0.4 is 20.1 Å². The second-order valence-electron chi connectivity index (χ2n) is 5.84. The molecule has 0 fully saturated rings. The molecule has 1 aromatic carbocycles. The number of nitrogens with zero attached hydrogens (tertiary/aromatic N) is 1. The summed E-state index contributed by atoms with van der Waals surface area (Å²) in [5.74, 6) is 0.969. The van der Waals surface area contributed by atoms with E-state index in [9.17, 15) is 13.2 Å². The highest BCUT2D eigenvalue weighted by atomic mass is 127. The number of nitrogens with one attached hydrogen (secondary N) is 2. The molecule has 5 nitrogen and oxygen atoms in total. The van der Waals surface area contributed by atoms with Crippen LogP contribution in [0.15, 0.2) is 40.7 Å². The second-order valence-corrected chi connectivity index (χ2v) is 6.87. The number of aliphatic imine (C=N–C) groups is 1. The maximum Gasteiger partial charge on any atom is 0.422 e. The summed E-state index contributed by atoms with van der Waals surface area (Å²) in [5.41, 5.74) is 0.798. The van der Waals surface area contributed by atoms with Crippen LogP contribution in [0, 0.1) is 0 Å². The van der Waals surface area contributed by atoms with E-state index in [1.807, 2.05) is 18.4 Å². The summed E-state index contributed by atoms with van der Waals surface area (Å²) in [4.78, 5) is 5.81. The summed E-state index contributed by atoms with van der Waals surface area (Å²) in [7, 11) is 1.39. The number of halogens is 4. The van der Waals surface area contributed by atoms with Crippen LogP contribution in [0.2, 0.25) is 0 Å². The Morgan fingerprint density at radius 2 is 1.97 bits per heavy atom. The van der Waals surface area contributed by atoms with Crippen LogP contribution in [0.5, 0.6) is 11.5 Å². The Balaban J connectivity index is 0.00000420. The first kappa shape index (κ1) is 25.3. The molecule has 1 aromatic heterocycles. The Morgan fingerprint density at radius 3 is 2.59 bits per heavy atom. The summed E-state index contributed by atoms with van der Waals surface area (Å²) >= 11 is 1.71. The van der Waals surface area contributed by atoms with Crippen molar-refractivity contribution in [3.63, 3.8) is 0 Å². The molecule has 0 saturated heterocycles. The minimum absolute atomic E-state index is 0. The van der Waals surface area contributed by atoms with E-state index in [1.165, 1.54) is 18.1 Å². The average Bonchev–Trinajstić information content (AvgIpc) is 3.17. The first-order chi connectivity index (χ1) is 13.4. The van der Waals surface area contributed by atoms with Gasteiger partial charge in [-0.1, -0.05) is 12.1 Å². The number of hydrogen-bond donors (Lipinski definition) is 2. The third-order valence-corrected chi connectivity index (χ3v) is 4.56. The van der Waals surface area contributed by atoms with E-state index in [-0.39, 0.29) is 35.5 Å². The number of benzene rings is 1. The molecule has 0 aliphatic carbocycles. The zero-order valence-corrected chi connectivity index (χ0v) is 19.4. The topological polar surface area (TPSA) is 54.9 Å². The fraction of sp³-hybridized carbons (Fsp3) is 0.421. The van der Waals surface area contributed by atoms with Crippen LogP contribution in [0.1, 0.15) is 17.4 Å². The second kappa shape index (κ2) is 12.8. The third kappa shape index (κ3) is 9.57. The minimum Gasteiger partial charge on any atom is -0.493 e. The van der Waals surface area contributed by atoms with Crippen molar-refractivity contribution in [2.24, 2.45) is 4.99 Å². The smallest absolute Gasteiger partial charge is 0.422 e. The van der Waals surface area contributed by atoms with Gasteiger partial charge in [0.1, 0.15) is 0 Å². The maximum atomic E-state index is 12.3. The monoisotopic (exact) mass is 543 g/mol. The van der Waals surface area contributed by atoms with Gasteiger partial charge in [-0.05, 0) is 42.5 Å². The zero-order valence-electron chi connectivity index (χ0n) is 16.2. The van der Waals surface area contributed by atoms with E-state index in [0.29, 0.717) is 12.5 Å². The number of guanidine groups is 1. The van der Waals surface area contributed by atoms with Crippen LogP contribution >= 0.6 is 35.3 Å².